The van der Waals surface area contributed by atoms with Gasteiger partial charge in [0, 0.05) is 12.6 Å². The number of phenols is 2. The molecule has 1 aromatic rings. The Bertz CT molecular complexity index is 467. The highest BCUT2D eigenvalue weighted by Gasteiger charge is 2.37. The number of amides is 2. The molecular formula is C10H9NO4. The van der Waals surface area contributed by atoms with Gasteiger partial charge in [0.2, 0.25) is 0 Å². The molecule has 0 radical (unpaired) electrons. The molecule has 2 amide bonds. The van der Waals surface area contributed by atoms with Crippen LogP contribution in [-0.2, 0) is 0 Å². The van der Waals surface area contributed by atoms with E-state index in [4.69, 9.17) is 0 Å². The smallest absolute Gasteiger partial charge is 0.265 e. The fourth-order valence-electron chi connectivity index (χ4n) is 1.67. The van der Waals surface area contributed by atoms with Crippen molar-refractivity contribution in [2.75, 3.05) is 6.54 Å². The van der Waals surface area contributed by atoms with Crippen molar-refractivity contribution in [1.82, 2.24) is 4.90 Å². The van der Waals surface area contributed by atoms with Gasteiger partial charge in [-0.3, -0.25) is 14.5 Å². The minimum atomic E-state index is -0.519. The fraction of sp³-hybridized carbons (Fsp3) is 0.200. The maximum atomic E-state index is 11.6. The number of rotatable bonds is 1. The molecule has 0 aromatic heterocycles. The SMILES string of the molecule is CCN1C(=O)c2cc(O)cc(O)c2C1=O. The molecule has 1 heterocycles. The lowest BCUT2D eigenvalue weighted by Gasteiger charge is -2.08. The van der Waals surface area contributed by atoms with Crippen LogP contribution < -0.4 is 0 Å². The molecule has 0 saturated heterocycles. The molecule has 0 bridgehead atoms. The lowest BCUT2D eigenvalue weighted by Crippen LogP contribution is -2.29. The lowest BCUT2D eigenvalue weighted by atomic mass is 10.1. The zero-order chi connectivity index (χ0) is 11.2. The summed E-state index contributed by atoms with van der Waals surface area (Å²) in [5, 5.41) is 18.7. The Morgan fingerprint density at radius 3 is 2.47 bits per heavy atom. The van der Waals surface area contributed by atoms with Gasteiger partial charge in [-0.1, -0.05) is 0 Å². The van der Waals surface area contributed by atoms with Crippen LogP contribution in [0.2, 0.25) is 0 Å². The summed E-state index contributed by atoms with van der Waals surface area (Å²) in [5.41, 5.74) is 0.0269. The number of hydrogen-bond acceptors (Lipinski definition) is 4. The molecule has 15 heavy (non-hydrogen) atoms. The van der Waals surface area contributed by atoms with Crippen molar-refractivity contribution in [2.45, 2.75) is 6.92 Å². The molecule has 0 atom stereocenters. The van der Waals surface area contributed by atoms with Gasteiger partial charge < -0.3 is 10.2 Å². The van der Waals surface area contributed by atoms with Crippen molar-refractivity contribution >= 4 is 11.8 Å². The molecule has 1 aromatic carbocycles. The van der Waals surface area contributed by atoms with E-state index < -0.39 is 11.8 Å². The molecule has 2 rings (SSSR count). The van der Waals surface area contributed by atoms with E-state index in [2.05, 4.69) is 0 Å². The van der Waals surface area contributed by atoms with Gasteiger partial charge in [-0.15, -0.1) is 0 Å². The molecule has 5 heteroatoms. The van der Waals surface area contributed by atoms with E-state index in [0.29, 0.717) is 0 Å². The second kappa shape index (κ2) is 2.98. The standard InChI is InChI=1S/C10H9NO4/c1-2-11-9(14)6-3-5(12)4-7(13)8(6)10(11)15/h3-4,12-13H,2H2,1H3. The Morgan fingerprint density at radius 1 is 1.20 bits per heavy atom. The van der Waals surface area contributed by atoms with E-state index in [1.807, 2.05) is 0 Å². The van der Waals surface area contributed by atoms with Crippen molar-refractivity contribution in [3.8, 4) is 11.5 Å². The van der Waals surface area contributed by atoms with E-state index in [0.717, 1.165) is 11.0 Å². The van der Waals surface area contributed by atoms with E-state index in [1.54, 1.807) is 6.92 Å². The third-order valence-electron chi connectivity index (χ3n) is 2.35. The van der Waals surface area contributed by atoms with Gasteiger partial charge in [-0.2, -0.15) is 0 Å². The van der Waals surface area contributed by atoms with Crippen molar-refractivity contribution in [2.24, 2.45) is 0 Å². The van der Waals surface area contributed by atoms with Crippen LogP contribution in [0.5, 0.6) is 11.5 Å². The van der Waals surface area contributed by atoms with Gasteiger partial charge in [0.15, 0.2) is 0 Å². The van der Waals surface area contributed by atoms with E-state index in [9.17, 15) is 19.8 Å². The van der Waals surface area contributed by atoms with Gasteiger partial charge in [0.25, 0.3) is 11.8 Å². The predicted octanol–water partition coefficient (Wildman–Crippen LogP) is 0.714. The maximum absolute atomic E-state index is 11.6. The monoisotopic (exact) mass is 207 g/mol. The zero-order valence-corrected chi connectivity index (χ0v) is 8.02. The number of imide groups is 1. The molecule has 0 spiro atoms. The largest absolute Gasteiger partial charge is 0.508 e. The second-order valence-electron chi connectivity index (χ2n) is 3.24. The summed E-state index contributed by atoms with van der Waals surface area (Å²) in [7, 11) is 0. The molecule has 2 N–H and O–H groups in total. The van der Waals surface area contributed by atoms with Crippen LogP contribution in [0.1, 0.15) is 27.6 Å². The number of phenolic OH excluding ortho intramolecular Hbond substituents is 2. The minimum absolute atomic E-state index is 0.0281. The fourth-order valence-corrected chi connectivity index (χ4v) is 1.67. The van der Waals surface area contributed by atoms with E-state index in [-0.39, 0.29) is 29.2 Å². The highest BCUT2D eigenvalue weighted by atomic mass is 16.3. The van der Waals surface area contributed by atoms with Crippen LogP contribution >= 0.6 is 0 Å². The zero-order valence-electron chi connectivity index (χ0n) is 8.02. The molecule has 0 saturated carbocycles. The summed E-state index contributed by atoms with van der Waals surface area (Å²) in [6, 6.07) is 2.23. The summed E-state index contributed by atoms with van der Waals surface area (Å²) in [4.78, 5) is 24.3. The predicted molar refractivity (Wildman–Crippen MR) is 50.8 cm³/mol. The van der Waals surface area contributed by atoms with Gasteiger partial charge in [0.05, 0.1) is 11.1 Å². The number of benzene rings is 1. The summed E-state index contributed by atoms with van der Waals surface area (Å²) < 4.78 is 0. The number of fused-ring (bicyclic) bond motifs is 1. The first-order valence-corrected chi connectivity index (χ1v) is 4.48. The number of aromatic hydroxyl groups is 2. The van der Waals surface area contributed by atoms with E-state index in [1.165, 1.54) is 6.07 Å². The minimum Gasteiger partial charge on any atom is -0.508 e. The van der Waals surface area contributed by atoms with Crippen LogP contribution in [0.3, 0.4) is 0 Å². The first kappa shape index (κ1) is 9.51. The summed E-state index contributed by atoms with van der Waals surface area (Å²) >= 11 is 0. The summed E-state index contributed by atoms with van der Waals surface area (Å²) in [6.45, 7) is 1.91. The average molecular weight is 207 g/mol. The molecule has 1 aliphatic rings. The Balaban J connectivity index is 2.67. The third-order valence-corrected chi connectivity index (χ3v) is 2.35. The van der Waals surface area contributed by atoms with E-state index >= 15 is 0 Å². The molecule has 0 unspecified atom stereocenters. The third kappa shape index (κ3) is 1.16. The van der Waals surface area contributed by atoms with Crippen molar-refractivity contribution in [1.29, 1.82) is 0 Å². The topological polar surface area (TPSA) is 77.8 Å². The first-order chi connectivity index (χ1) is 7.06. The van der Waals surface area contributed by atoms with Crippen molar-refractivity contribution < 1.29 is 19.8 Å². The Kier molecular flexibility index (Phi) is 1.89. The van der Waals surface area contributed by atoms with Crippen molar-refractivity contribution in [3.05, 3.63) is 23.3 Å². The highest BCUT2D eigenvalue weighted by molar-refractivity contribution is 6.22. The number of hydrogen-bond donors (Lipinski definition) is 2. The molecule has 0 fully saturated rings. The molecular weight excluding hydrogens is 198 g/mol. The van der Waals surface area contributed by atoms with Crippen LogP contribution in [0.15, 0.2) is 12.1 Å². The van der Waals surface area contributed by atoms with Gasteiger partial charge >= 0.3 is 0 Å². The van der Waals surface area contributed by atoms with Gasteiger partial charge in [0.1, 0.15) is 11.5 Å². The second-order valence-corrected chi connectivity index (χ2v) is 3.24. The summed E-state index contributed by atoms with van der Waals surface area (Å²) in [5.74, 6) is -1.59. The first-order valence-electron chi connectivity index (χ1n) is 4.48. The molecule has 0 aliphatic carbocycles. The Labute approximate surface area is 85.6 Å². The van der Waals surface area contributed by atoms with Crippen LogP contribution in [0, 0.1) is 0 Å². The number of nitrogens with zero attached hydrogens (tertiary/aromatic N) is 1. The highest BCUT2D eigenvalue weighted by Crippen LogP contribution is 2.33. The normalized spacial score (nSPS) is 14.6. The lowest BCUT2D eigenvalue weighted by molar-refractivity contribution is 0.0662. The number of carbonyl (C=O) groups is 2. The van der Waals surface area contributed by atoms with Crippen LogP contribution in [0.25, 0.3) is 0 Å². The molecule has 1 aliphatic heterocycles. The quantitative estimate of drug-likeness (QED) is 0.665. The Hall–Kier alpha value is -2.04. The molecule has 5 nitrogen and oxygen atoms in total. The summed E-state index contributed by atoms with van der Waals surface area (Å²) in [6.07, 6.45) is 0. The maximum Gasteiger partial charge on any atom is 0.265 e. The van der Waals surface area contributed by atoms with Gasteiger partial charge in [-0.05, 0) is 13.0 Å². The number of carbonyl (C=O) groups excluding carboxylic acids is 2. The van der Waals surface area contributed by atoms with Crippen molar-refractivity contribution in [3.63, 3.8) is 0 Å². The van der Waals surface area contributed by atoms with Crippen LogP contribution in [0.4, 0.5) is 0 Å². The molecule has 78 valence electrons. The van der Waals surface area contributed by atoms with Crippen LogP contribution in [-0.4, -0.2) is 33.5 Å². The average Bonchev–Trinajstić information content (AvgIpc) is 2.39. The van der Waals surface area contributed by atoms with Gasteiger partial charge in [-0.25, -0.2) is 0 Å². The Morgan fingerprint density at radius 2 is 1.87 bits per heavy atom.